The lowest BCUT2D eigenvalue weighted by Crippen LogP contribution is -2.63. The molecule has 1 aliphatic carbocycles. The van der Waals surface area contributed by atoms with Gasteiger partial charge in [-0.05, 0) is 71.0 Å². The molecule has 2 N–H and O–H groups in total. The van der Waals surface area contributed by atoms with Crippen molar-refractivity contribution in [1.29, 1.82) is 5.26 Å². The fourth-order valence-electron chi connectivity index (χ4n) is 8.81. The Morgan fingerprint density at radius 2 is 1.74 bits per heavy atom. The summed E-state index contributed by atoms with van der Waals surface area (Å²) in [7, 11) is 0. The molecule has 0 spiro atoms. The van der Waals surface area contributed by atoms with E-state index in [9.17, 15) is 14.4 Å². The van der Waals surface area contributed by atoms with Gasteiger partial charge < -0.3 is 29.7 Å². The maximum atomic E-state index is 13.9. The number of carbonyl (C=O) groups excluding carboxylic acids is 3. The van der Waals surface area contributed by atoms with Gasteiger partial charge in [0.15, 0.2) is 5.76 Å². The molecule has 54 heavy (non-hydrogen) atoms. The molecule has 0 bridgehead atoms. The van der Waals surface area contributed by atoms with Crippen molar-refractivity contribution < 1.29 is 23.6 Å². The van der Waals surface area contributed by atoms with Crippen molar-refractivity contribution in [2.24, 2.45) is 16.7 Å². The number of nitriles is 1. The highest BCUT2D eigenvalue weighted by atomic mass is 16.5. The van der Waals surface area contributed by atoms with E-state index in [0.717, 1.165) is 50.4 Å². The average molecular weight is 739 g/mol. The number of anilines is 1. The van der Waals surface area contributed by atoms with Crippen LogP contribution in [0.15, 0.2) is 53.2 Å². The molecule has 2 aromatic heterocycles. The van der Waals surface area contributed by atoms with Gasteiger partial charge in [-0.15, -0.1) is 0 Å². The number of pyridine rings is 1. The lowest BCUT2D eigenvalue weighted by molar-refractivity contribution is -0.140. The number of aromatic nitrogens is 2. The van der Waals surface area contributed by atoms with E-state index in [1.165, 1.54) is 0 Å². The molecule has 2 saturated heterocycles. The predicted molar refractivity (Wildman–Crippen MR) is 204 cm³/mol. The highest BCUT2D eigenvalue weighted by molar-refractivity contribution is 5.94. The van der Waals surface area contributed by atoms with Crippen LogP contribution in [0, 0.1) is 28.1 Å². The summed E-state index contributed by atoms with van der Waals surface area (Å²) < 4.78 is 11.6. The zero-order valence-electron chi connectivity index (χ0n) is 32.4. The minimum absolute atomic E-state index is 0.0759. The molecular formula is C41H54N8O5. The zero-order valence-corrected chi connectivity index (χ0v) is 32.4. The number of hydrogen-bond donors (Lipinski definition) is 2. The summed E-state index contributed by atoms with van der Waals surface area (Å²) in [5.41, 5.74) is 2.19. The third kappa shape index (κ3) is 8.70. The van der Waals surface area contributed by atoms with Gasteiger partial charge in [0.25, 0.3) is 11.8 Å². The summed E-state index contributed by atoms with van der Waals surface area (Å²) in [5, 5.41) is 19.3. The lowest BCUT2D eigenvalue weighted by Gasteiger charge is -2.57. The monoisotopic (exact) mass is 738 g/mol. The van der Waals surface area contributed by atoms with E-state index >= 15 is 0 Å². The van der Waals surface area contributed by atoms with Gasteiger partial charge in [-0.1, -0.05) is 53.7 Å². The molecule has 2 atom stereocenters. The third-order valence-electron chi connectivity index (χ3n) is 11.2. The first-order valence-corrected chi connectivity index (χ1v) is 19.2. The summed E-state index contributed by atoms with van der Waals surface area (Å²) in [5.74, 6) is 0.499. The third-order valence-corrected chi connectivity index (χ3v) is 11.2. The number of hydrogen-bond acceptors (Lipinski definition) is 10. The largest absolute Gasteiger partial charge is 0.474 e. The van der Waals surface area contributed by atoms with Gasteiger partial charge in [0.05, 0.1) is 17.2 Å². The highest BCUT2D eigenvalue weighted by Gasteiger charge is 2.53. The molecular weight excluding hydrogens is 685 g/mol. The van der Waals surface area contributed by atoms with Crippen LogP contribution in [0.5, 0.6) is 5.88 Å². The molecule has 0 radical (unpaired) electrons. The molecule has 0 unspecified atom stereocenters. The smallest absolute Gasteiger partial charge is 0.254 e. The van der Waals surface area contributed by atoms with Gasteiger partial charge in [-0.2, -0.15) is 5.26 Å². The molecule has 4 heterocycles. The summed E-state index contributed by atoms with van der Waals surface area (Å²) >= 11 is 0. The molecule has 3 fully saturated rings. The quantitative estimate of drug-likeness (QED) is 0.251. The van der Waals surface area contributed by atoms with E-state index in [4.69, 9.17) is 14.5 Å². The van der Waals surface area contributed by atoms with Gasteiger partial charge in [-0.25, -0.2) is 4.98 Å². The number of nitrogens with one attached hydrogen (secondary N) is 2. The molecule has 1 aromatic carbocycles. The van der Waals surface area contributed by atoms with Crippen LogP contribution < -0.4 is 20.3 Å². The van der Waals surface area contributed by atoms with E-state index in [1.807, 2.05) is 38.1 Å². The first-order valence-electron chi connectivity index (χ1n) is 19.2. The minimum atomic E-state index is -0.603. The Morgan fingerprint density at radius 1 is 1.02 bits per heavy atom. The Morgan fingerprint density at radius 3 is 2.37 bits per heavy atom. The van der Waals surface area contributed by atoms with Crippen molar-refractivity contribution in [1.82, 2.24) is 30.6 Å². The van der Waals surface area contributed by atoms with E-state index in [2.05, 4.69) is 64.3 Å². The summed E-state index contributed by atoms with van der Waals surface area (Å²) in [4.78, 5) is 50.9. The van der Waals surface area contributed by atoms with Crippen LogP contribution in [-0.2, 0) is 16.1 Å². The molecule has 2 aliphatic heterocycles. The molecule has 6 rings (SSSR count). The Balaban J connectivity index is 0.947. The number of likely N-dealkylation sites (tertiary alicyclic amines) is 1. The number of piperazine rings is 1. The molecule has 1 saturated carbocycles. The first-order chi connectivity index (χ1) is 25.8. The van der Waals surface area contributed by atoms with Gasteiger partial charge in [0, 0.05) is 64.1 Å². The molecule has 288 valence electrons. The van der Waals surface area contributed by atoms with Crippen LogP contribution in [0.25, 0.3) is 0 Å². The molecule has 13 heteroatoms. The maximum Gasteiger partial charge on any atom is 0.254 e. The first kappa shape index (κ1) is 38.8. The Bertz CT molecular complexity index is 1810. The van der Waals surface area contributed by atoms with Crippen LogP contribution in [0.4, 0.5) is 5.82 Å². The number of rotatable bonds is 13. The standard InChI is InChI=1S/C41H54N8O5/c1-27(2)35(38(52)49-15-7-8-31(49)37(51)44-24-29-11-9-28(23-42)10-12-29)32-22-34(46-54-32)53-21-20-47-16-18-48(19-17-47)33-14-13-30(25-43-33)36(50)45-39-40(3,4)26-41(39,5)6/h9-14,22,25,27,31,35,39H,7-8,15-21,24,26H2,1-6H3,(H,44,51)(H,45,50)/t31-,35-/m0/s1. The fraction of sp³-hybridized carbons (Fsp3) is 0.561. The average Bonchev–Trinajstić information content (AvgIpc) is 3.83. The maximum absolute atomic E-state index is 13.9. The zero-order chi connectivity index (χ0) is 38.6. The van der Waals surface area contributed by atoms with Gasteiger partial charge in [-0.3, -0.25) is 19.3 Å². The van der Waals surface area contributed by atoms with E-state index in [0.29, 0.717) is 55.4 Å². The van der Waals surface area contributed by atoms with Crippen molar-refractivity contribution in [2.75, 3.05) is 50.8 Å². The van der Waals surface area contributed by atoms with Crippen molar-refractivity contribution >= 4 is 23.5 Å². The second-order valence-electron chi connectivity index (χ2n) is 16.6. The molecule has 13 nitrogen and oxygen atoms in total. The topological polar surface area (TPSA) is 157 Å². The van der Waals surface area contributed by atoms with E-state index in [-0.39, 0.29) is 40.5 Å². The SMILES string of the molecule is CC(C)[C@H](C(=O)N1CCC[C@H]1C(=O)NCc1ccc(C#N)cc1)c1cc(OCCN2CCN(c3ccc(C(=O)NC4C(C)(C)CC4(C)C)cn3)CC2)no1. The van der Waals surface area contributed by atoms with Gasteiger partial charge in [0.1, 0.15) is 24.4 Å². The number of carbonyl (C=O) groups is 3. The lowest BCUT2D eigenvalue weighted by atomic mass is 9.52. The number of ether oxygens (including phenoxy) is 1. The van der Waals surface area contributed by atoms with Crippen LogP contribution in [-0.4, -0.2) is 95.6 Å². The number of amides is 3. The van der Waals surface area contributed by atoms with E-state index in [1.54, 1.807) is 29.3 Å². The predicted octanol–water partition coefficient (Wildman–Crippen LogP) is 4.74. The molecule has 3 amide bonds. The van der Waals surface area contributed by atoms with Crippen molar-refractivity contribution in [3.05, 3.63) is 71.1 Å². The second kappa shape index (κ2) is 16.2. The van der Waals surface area contributed by atoms with Crippen molar-refractivity contribution in [3.63, 3.8) is 0 Å². The molecule has 3 aliphatic rings. The van der Waals surface area contributed by atoms with E-state index < -0.39 is 12.0 Å². The van der Waals surface area contributed by atoms with Crippen LogP contribution in [0.3, 0.4) is 0 Å². The Labute approximate surface area is 318 Å². The van der Waals surface area contributed by atoms with Gasteiger partial charge >= 0.3 is 0 Å². The van der Waals surface area contributed by atoms with Crippen LogP contribution in [0.1, 0.15) is 94.0 Å². The summed E-state index contributed by atoms with van der Waals surface area (Å²) in [6.45, 7) is 17.9. The van der Waals surface area contributed by atoms with Crippen LogP contribution >= 0.6 is 0 Å². The van der Waals surface area contributed by atoms with Crippen molar-refractivity contribution in [2.45, 2.75) is 85.4 Å². The fourth-order valence-corrected chi connectivity index (χ4v) is 8.81. The van der Waals surface area contributed by atoms with Crippen LogP contribution in [0.2, 0.25) is 0 Å². The summed E-state index contributed by atoms with van der Waals surface area (Å²) in [6, 6.07) is 14.2. The Hall–Kier alpha value is -4.96. The molecule has 3 aromatic rings. The number of benzene rings is 1. The normalized spacial score (nSPS) is 20.2. The van der Waals surface area contributed by atoms with Gasteiger partial charge in [0.2, 0.25) is 11.8 Å². The Kier molecular flexibility index (Phi) is 11.6. The summed E-state index contributed by atoms with van der Waals surface area (Å²) in [6.07, 6.45) is 4.09. The van der Waals surface area contributed by atoms with Crippen molar-refractivity contribution in [3.8, 4) is 11.9 Å². The number of nitrogens with zero attached hydrogens (tertiary/aromatic N) is 6. The second-order valence-corrected chi connectivity index (χ2v) is 16.6. The highest BCUT2D eigenvalue weighted by Crippen LogP contribution is 2.53. The minimum Gasteiger partial charge on any atom is -0.474 e.